The number of halogens is 2. The summed E-state index contributed by atoms with van der Waals surface area (Å²) in [6, 6.07) is 0. The zero-order chi connectivity index (χ0) is 13.0. The Morgan fingerprint density at radius 2 is 2.18 bits per heavy atom. The van der Waals surface area contributed by atoms with Crippen LogP contribution in [0, 0.1) is 12.3 Å². The Labute approximate surface area is 103 Å². The van der Waals surface area contributed by atoms with Crippen molar-refractivity contribution in [2.24, 2.45) is 0 Å². The fraction of sp³-hybridized carbons (Fsp3) is 0.364. The second kappa shape index (κ2) is 5.86. The van der Waals surface area contributed by atoms with E-state index in [4.69, 9.17) is 5.41 Å². The van der Waals surface area contributed by atoms with E-state index in [-0.39, 0.29) is 11.3 Å². The smallest absolute Gasteiger partial charge is 0.267 e. The van der Waals surface area contributed by atoms with Crippen molar-refractivity contribution in [3.05, 3.63) is 29.4 Å². The summed E-state index contributed by atoms with van der Waals surface area (Å²) < 4.78 is 25.6. The number of aryl methyl sites for hydroxylation is 1. The van der Waals surface area contributed by atoms with Crippen LogP contribution in [0.2, 0.25) is 0 Å². The highest BCUT2D eigenvalue weighted by atomic mass is 32.2. The molecule has 0 bridgehead atoms. The Bertz CT molecular complexity index is 458. The van der Waals surface area contributed by atoms with Crippen molar-refractivity contribution in [2.75, 3.05) is 0 Å². The first kappa shape index (κ1) is 13.8. The number of alkyl halides is 2. The predicted molar refractivity (Wildman–Crippen MR) is 66.4 cm³/mol. The van der Waals surface area contributed by atoms with Crippen molar-refractivity contribution in [3.63, 3.8) is 0 Å². The summed E-state index contributed by atoms with van der Waals surface area (Å²) in [6.07, 6.45) is 0.203. The standard InChI is InChI=1S/C11H13F2N3S/c1-4-9(17-6(2)14)10-8(11(12)13)5-15-7(3)16-10/h4-5,11,14H,1-3H3/b9-4-,14-6?. The first-order valence-electron chi connectivity index (χ1n) is 4.97. The molecule has 3 nitrogen and oxygen atoms in total. The van der Waals surface area contributed by atoms with E-state index in [0.29, 0.717) is 15.8 Å². The maximum absolute atomic E-state index is 12.8. The van der Waals surface area contributed by atoms with Gasteiger partial charge in [-0.05, 0) is 20.8 Å². The minimum absolute atomic E-state index is 0.197. The van der Waals surface area contributed by atoms with Gasteiger partial charge in [-0.25, -0.2) is 18.7 Å². The summed E-state index contributed by atoms with van der Waals surface area (Å²) in [6.45, 7) is 4.98. The molecule has 1 aromatic heterocycles. The van der Waals surface area contributed by atoms with Crippen LogP contribution in [0.5, 0.6) is 0 Å². The number of nitrogens with one attached hydrogen (secondary N) is 1. The first-order valence-corrected chi connectivity index (χ1v) is 5.78. The molecule has 0 saturated heterocycles. The summed E-state index contributed by atoms with van der Waals surface area (Å²) in [5.74, 6) is 0.437. The van der Waals surface area contributed by atoms with E-state index < -0.39 is 6.43 Å². The highest BCUT2D eigenvalue weighted by Gasteiger charge is 2.18. The predicted octanol–water partition coefficient (Wildman–Crippen LogP) is 3.81. The molecule has 1 heterocycles. The van der Waals surface area contributed by atoms with E-state index >= 15 is 0 Å². The van der Waals surface area contributed by atoms with Crippen LogP contribution in [0.4, 0.5) is 8.78 Å². The fourth-order valence-electron chi connectivity index (χ4n) is 1.25. The third-order valence-corrected chi connectivity index (χ3v) is 2.89. The molecule has 0 aliphatic carbocycles. The molecule has 0 spiro atoms. The lowest BCUT2D eigenvalue weighted by atomic mass is 10.2. The summed E-state index contributed by atoms with van der Waals surface area (Å²) in [7, 11) is 0. The van der Waals surface area contributed by atoms with E-state index in [1.165, 1.54) is 0 Å². The molecule has 1 N–H and O–H groups in total. The maximum atomic E-state index is 12.8. The van der Waals surface area contributed by atoms with Gasteiger partial charge in [0.05, 0.1) is 16.3 Å². The molecule has 17 heavy (non-hydrogen) atoms. The highest BCUT2D eigenvalue weighted by molar-refractivity contribution is 8.21. The van der Waals surface area contributed by atoms with Gasteiger partial charge in [0.2, 0.25) is 0 Å². The molecular weight excluding hydrogens is 244 g/mol. The van der Waals surface area contributed by atoms with E-state index in [1.54, 1.807) is 26.8 Å². The minimum atomic E-state index is -2.62. The van der Waals surface area contributed by atoms with Gasteiger partial charge in [-0.3, -0.25) is 5.41 Å². The van der Waals surface area contributed by atoms with Crippen LogP contribution < -0.4 is 0 Å². The quantitative estimate of drug-likeness (QED) is 0.661. The summed E-state index contributed by atoms with van der Waals surface area (Å²) in [5.41, 5.74) is 0.0176. The topological polar surface area (TPSA) is 49.6 Å². The maximum Gasteiger partial charge on any atom is 0.267 e. The number of hydrogen-bond donors (Lipinski definition) is 1. The number of thioether (sulfide) groups is 1. The van der Waals surface area contributed by atoms with Crippen molar-refractivity contribution in [2.45, 2.75) is 27.2 Å². The Balaban J connectivity index is 3.26. The third kappa shape index (κ3) is 3.59. The van der Waals surface area contributed by atoms with Crippen molar-refractivity contribution in [3.8, 4) is 0 Å². The highest BCUT2D eigenvalue weighted by Crippen LogP contribution is 2.33. The van der Waals surface area contributed by atoms with Crippen LogP contribution in [0.1, 0.15) is 37.4 Å². The number of rotatable bonds is 3. The minimum Gasteiger partial charge on any atom is -0.298 e. The number of allylic oxidation sites excluding steroid dienone is 1. The second-order valence-electron chi connectivity index (χ2n) is 3.33. The van der Waals surface area contributed by atoms with Gasteiger partial charge in [-0.1, -0.05) is 17.8 Å². The largest absolute Gasteiger partial charge is 0.298 e. The van der Waals surface area contributed by atoms with Crippen LogP contribution in [-0.2, 0) is 0 Å². The van der Waals surface area contributed by atoms with E-state index in [2.05, 4.69) is 9.97 Å². The average molecular weight is 257 g/mol. The van der Waals surface area contributed by atoms with E-state index in [1.807, 2.05) is 0 Å². The van der Waals surface area contributed by atoms with Gasteiger partial charge >= 0.3 is 0 Å². The van der Waals surface area contributed by atoms with Crippen LogP contribution in [0.3, 0.4) is 0 Å². The van der Waals surface area contributed by atoms with Gasteiger partial charge in [-0.15, -0.1) is 0 Å². The zero-order valence-electron chi connectivity index (χ0n) is 9.79. The molecule has 0 atom stereocenters. The SMILES string of the molecule is C/C=C(\SC(C)=N)c1nc(C)ncc1C(F)F. The number of nitrogens with zero attached hydrogens (tertiary/aromatic N) is 2. The molecule has 0 aromatic carbocycles. The molecule has 0 unspecified atom stereocenters. The van der Waals surface area contributed by atoms with Crippen LogP contribution in [0.25, 0.3) is 4.91 Å². The lowest BCUT2D eigenvalue weighted by Gasteiger charge is -2.10. The summed E-state index contributed by atoms with van der Waals surface area (Å²) in [4.78, 5) is 8.37. The molecule has 0 saturated carbocycles. The lowest BCUT2D eigenvalue weighted by molar-refractivity contribution is 0.150. The van der Waals surface area contributed by atoms with Gasteiger partial charge < -0.3 is 0 Å². The van der Waals surface area contributed by atoms with Gasteiger partial charge in [-0.2, -0.15) is 0 Å². The average Bonchev–Trinajstić information content (AvgIpc) is 2.25. The Morgan fingerprint density at radius 3 is 2.65 bits per heavy atom. The van der Waals surface area contributed by atoms with Gasteiger partial charge in [0, 0.05) is 11.1 Å². The molecule has 0 radical (unpaired) electrons. The zero-order valence-corrected chi connectivity index (χ0v) is 10.6. The molecular formula is C11H13F2N3S. The van der Waals surface area contributed by atoms with Crippen molar-refractivity contribution < 1.29 is 8.78 Å². The number of aromatic nitrogens is 2. The van der Waals surface area contributed by atoms with Gasteiger partial charge in [0.25, 0.3) is 6.43 Å². The molecule has 6 heteroatoms. The first-order chi connectivity index (χ1) is 7.95. The Kier molecular flexibility index (Phi) is 4.74. The van der Waals surface area contributed by atoms with Crippen molar-refractivity contribution in [1.29, 1.82) is 5.41 Å². The van der Waals surface area contributed by atoms with Crippen molar-refractivity contribution >= 4 is 21.7 Å². The third-order valence-electron chi connectivity index (χ3n) is 1.93. The van der Waals surface area contributed by atoms with Gasteiger partial charge in [0.15, 0.2) is 0 Å². The summed E-state index contributed by atoms with van der Waals surface area (Å²) >= 11 is 1.11. The van der Waals surface area contributed by atoms with E-state index in [0.717, 1.165) is 18.0 Å². The normalized spacial score (nSPS) is 12.0. The van der Waals surface area contributed by atoms with E-state index in [9.17, 15) is 8.78 Å². The van der Waals surface area contributed by atoms with Gasteiger partial charge in [0.1, 0.15) is 5.82 Å². The second-order valence-corrected chi connectivity index (χ2v) is 4.59. The Hall–Kier alpha value is -1.30. The molecule has 0 aliphatic rings. The fourth-order valence-corrected chi connectivity index (χ4v) is 1.95. The molecule has 1 rings (SSSR count). The number of hydrogen-bond acceptors (Lipinski definition) is 4. The molecule has 0 aliphatic heterocycles. The Morgan fingerprint density at radius 1 is 1.53 bits per heavy atom. The van der Waals surface area contributed by atoms with Crippen molar-refractivity contribution in [1.82, 2.24) is 9.97 Å². The monoisotopic (exact) mass is 257 g/mol. The molecule has 92 valence electrons. The van der Waals surface area contributed by atoms with Crippen LogP contribution in [0.15, 0.2) is 12.3 Å². The molecule has 0 fully saturated rings. The van der Waals surface area contributed by atoms with Crippen LogP contribution >= 0.6 is 11.8 Å². The summed E-state index contributed by atoms with van der Waals surface area (Å²) in [5, 5.41) is 7.73. The van der Waals surface area contributed by atoms with Crippen LogP contribution in [-0.4, -0.2) is 15.0 Å². The molecule has 0 amide bonds. The lowest BCUT2D eigenvalue weighted by Crippen LogP contribution is -2.01. The molecule has 1 aromatic rings.